The molecule has 0 saturated carbocycles. The van der Waals surface area contributed by atoms with Crippen LogP contribution in [0.2, 0.25) is 0 Å². The number of imide groups is 1. The van der Waals surface area contributed by atoms with Gasteiger partial charge in [-0.05, 0) is 54.7 Å². The maximum absolute atomic E-state index is 13.3. The molecule has 0 bridgehead atoms. The molecule has 2 aromatic carbocycles. The number of hydrogen-bond acceptors (Lipinski definition) is 5. The van der Waals surface area contributed by atoms with Gasteiger partial charge >= 0.3 is 6.03 Å². The van der Waals surface area contributed by atoms with Crippen LogP contribution in [0.3, 0.4) is 0 Å². The molecule has 3 aromatic rings. The van der Waals surface area contributed by atoms with Gasteiger partial charge in [0.15, 0.2) is 0 Å². The van der Waals surface area contributed by atoms with Crippen molar-refractivity contribution in [3.05, 3.63) is 71.4 Å². The Balaban J connectivity index is 1.42. The van der Waals surface area contributed by atoms with Gasteiger partial charge < -0.3 is 9.73 Å². The lowest BCUT2D eigenvalue weighted by molar-refractivity contribution is -0.132. The monoisotopic (exact) mass is 392 g/mol. The van der Waals surface area contributed by atoms with E-state index in [4.69, 9.17) is 4.42 Å². The minimum Gasteiger partial charge on any atom is -0.419 e. The predicted molar refractivity (Wildman–Crippen MR) is 99.8 cm³/mol. The summed E-state index contributed by atoms with van der Waals surface area (Å²) in [6, 6.07) is 12.9. The average Bonchev–Trinajstić information content (AvgIpc) is 3.29. The Hall–Kier alpha value is -3.55. The van der Waals surface area contributed by atoms with E-state index in [0.717, 1.165) is 28.9 Å². The molecule has 2 heterocycles. The molecule has 2 aliphatic rings. The van der Waals surface area contributed by atoms with E-state index in [0.29, 0.717) is 12.0 Å². The number of urea groups is 1. The lowest BCUT2D eigenvalue weighted by Crippen LogP contribution is -2.46. The molecular weight excluding hydrogens is 375 g/mol. The summed E-state index contributed by atoms with van der Waals surface area (Å²) < 4.78 is 18.7. The summed E-state index contributed by atoms with van der Waals surface area (Å²) in [6.45, 7) is -0.122. The van der Waals surface area contributed by atoms with Crippen molar-refractivity contribution in [2.75, 3.05) is 0 Å². The van der Waals surface area contributed by atoms with Crippen molar-refractivity contribution in [3.63, 3.8) is 0 Å². The summed E-state index contributed by atoms with van der Waals surface area (Å²) in [6.07, 6.45) is 2.24. The highest BCUT2D eigenvalue weighted by atomic mass is 19.1. The molecule has 146 valence electrons. The van der Waals surface area contributed by atoms with Gasteiger partial charge in [0.1, 0.15) is 17.9 Å². The fourth-order valence-corrected chi connectivity index (χ4v) is 4.12. The number of benzene rings is 2. The number of rotatable bonds is 3. The Kier molecular flexibility index (Phi) is 3.94. The topological polar surface area (TPSA) is 88.3 Å². The highest BCUT2D eigenvalue weighted by Crippen LogP contribution is 2.40. The highest BCUT2D eigenvalue weighted by molar-refractivity contribution is 6.07. The van der Waals surface area contributed by atoms with E-state index in [-0.39, 0.29) is 30.1 Å². The van der Waals surface area contributed by atoms with Gasteiger partial charge in [0.05, 0.1) is 0 Å². The average molecular weight is 392 g/mol. The van der Waals surface area contributed by atoms with E-state index >= 15 is 0 Å². The summed E-state index contributed by atoms with van der Waals surface area (Å²) in [5.74, 6) is -0.346. The van der Waals surface area contributed by atoms with Crippen molar-refractivity contribution in [1.82, 2.24) is 20.4 Å². The fourth-order valence-electron chi connectivity index (χ4n) is 4.12. The molecule has 3 amide bonds. The van der Waals surface area contributed by atoms with E-state index < -0.39 is 11.6 Å². The number of hydrogen-bond donors (Lipinski definition) is 1. The second kappa shape index (κ2) is 6.51. The second-order valence-corrected chi connectivity index (χ2v) is 7.25. The summed E-state index contributed by atoms with van der Waals surface area (Å²) >= 11 is 0. The summed E-state index contributed by atoms with van der Waals surface area (Å²) in [4.78, 5) is 27.0. The van der Waals surface area contributed by atoms with Gasteiger partial charge in [0, 0.05) is 5.56 Å². The molecule has 0 unspecified atom stereocenters. The molecule has 8 heteroatoms. The van der Waals surface area contributed by atoms with E-state index in [2.05, 4.69) is 15.5 Å². The van der Waals surface area contributed by atoms with Gasteiger partial charge in [-0.1, -0.05) is 24.3 Å². The smallest absolute Gasteiger partial charge is 0.325 e. The van der Waals surface area contributed by atoms with Crippen LogP contribution in [-0.4, -0.2) is 27.0 Å². The van der Waals surface area contributed by atoms with Gasteiger partial charge in [-0.2, -0.15) is 0 Å². The summed E-state index contributed by atoms with van der Waals surface area (Å²) in [5, 5.41) is 10.8. The SMILES string of the molecule is O=C1N[C@]2(CCCc3ccccc32)C(=O)N1Cc1nnc(-c2ccc(F)cc2)o1. The Morgan fingerprint density at radius 1 is 1.10 bits per heavy atom. The first kappa shape index (κ1) is 17.5. The van der Waals surface area contributed by atoms with Crippen LogP contribution in [0.15, 0.2) is 52.9 Å². The zero-order valence-corrected chi connectivity index (χ0v) is 15.4. The van der Waals surface area contributed by atoms with Crippen LogP contribution in [-0.2, 0) is 23.3 Å². The minimum absolute atomic E-state index is 0.122. The third-order valence-corrected chi connectivity index (χ3v) is 5.50. The van der Waals surface area contributed by atoms with Gasteiger partial charge in [0.25, 0.3) is 5.91 Å². The van der Waals surface area contributed by atoms with Crippen LogP contribution in [0.25, 0.3) is 11.5 Å². The predicted octanol–water partition coefficient (Wildman–Crippen LogP) is 3.16. The number of amides is 3. The number of carbonyl (C=O) groups is 2. The van der Waals surface area contributed by atoms with Crippen molar-refractivity contribution in [2.24, 2.45) is 0 Å². The molecule has 0 radical (unpaired) electrons. The Bertz CT molecular complexity index is 1110. The highest BCUT2D eigenvalue weighted by Gasteiger charge is 2.54. The Morgan fingerprint density at radius 3 is 2.72 bits per heavy atom. The van der Waals surface area contributed by atoms with E-state index in [1.165, 1.54) is 24.3 Å². The molecule has 1 aromatic heterocycles. The van der Waals surface area contributed by atoms with Crippen molar-refractivity contribution >= 4 is 11.9 Å². The maximum Gasteiger partial charge on any atom is 0.325 e. The van der Waals surface area contributed by atoms with Crippen LogP contribution >= 0.6 is 0 Å². The lowest BCUT2D eigenvalue weighted by atomic mass is 9.76. The fraction of sp³-hybridized carbons (Fsp3) is 0.238. The summed E-state index contributed by atoms with van der Waals surface area (Å²) in [7, 11) is 0. The first-order valence-electron chi connectivity index (χ1n) is 9.38. The zero-order valence-electron chi connectivity index (χ0n) is 15.4. The van der Waals surface area contributed by atoms with Crippen LogP contribution < -0.4 is 5.32 Å². The molecular formula is C21H17FN4O3. The van der Waals surface area contributed by atoms with E-state index in [1.807, 2.05) is 24.3 Å². The molecule has 7 nitrogen and oxygen atoms in total. The number of aryl methyl sites for hydroxylation is 1. The largest absolute Gasteiger partial charge is 0.419 e. The standard InChI is InChI=1S/C21H17FN4O3/c22-15-9-7-14(8-10-15)18-25-24-17(29-18)12-26-19(27)21(23-20(26)28)11-3-5-13-4-1-2-6-16(13)21/h1-2,4,6-10H,3,5,11-12H2,(H,23,28)/t21-/m0/s1. The van der Waals surface area contributed by atoms with Crippen molar-refractivity contribution in [2.45, 2.75) is 31.3 Å². The van der Waals surface area contributed by atoms with Crippen LogP contribution in [0, 0.1) is 5.82 Å². The summed E-state index contributed by atoms with van der Waals surface area (Å²) in [5.41, 5.74) is 1.45. The first-order valence-corrected chi connectivity index (χ1v) is 9.38. The van der Waals surface area contributed by atoms with Gasteiger partial charge in [-0.15, -0.1) is 10.2 Å². The quantitative estimate of drug-likeness (QED) is 0.692. The molecule has 1 spiro atoms. The van der Waals surface area contributed by atoms with Gasteiger partial charge in [0.2, 0.25) is 11.8 Å². The number of nitrogens with one attached hydrogen (secondary N) is 1. The number of fused-ring (bicyclic) bond motifs is 2. The van der Waals surface area contributed by atoms with E-state index in [9.17, 15) is 14.0 Å². The molecule has 5 rings (SSSR count). The van der Waals surface area contributed by atoms with Crippen LogP contribution in [0.1, 0.15) is 29.9 Å². The van der Waals surface area contributed by atoms with Crippen molar-refractivity contribution in [3.8, 4) is 11.5 Å². The Morgan fingerprint density at radius 2 is 1.90 bits per heavy atom. The molecule has 1 N–H and O–H groups in total. The third-order valence-electron chi connectivity index (χ3n) is 5.50. The molecule has 1 fully saturated rings. The second-order valence-electron chi connectivity index (χ2n) is 7.25. The normalized spacial score (nSPS) is 20.8. The number of aromatic nitrogens is 2. The molecule has 1 aliphatic carbocycles. The van der Waals surface area contributed by atoms with Crippen molar-refractivity contribution < 1.29 is 18.4 Å². The molecule has 1 aliphatic heterocycles. The van der Waals surface area contributed by atoms with Crippen LogP contribution in [0.5, 0.6) is 0 Å². The third kappa shape index (κ3) is 2.79. The molecule has 1 atom stereocenters. The number of carbonyl (C=O) groups excluding carboxylic acids is 2. The van der Waals surface area contributed by atoms with Crippen LogP contribution in [0.4, 0.5) is 9.18 Å². The Labute approximate surface area is 165 Å². The van der Waals surface area contributed by atoms with Gasteiger partial charge in [-0.25, -0.2) is 9.18 Å². The molecule has 29 heavy (non-hydrogen) atoms. The number of nitrogens with zero attached hydrogens (tertiary/aromatic N) is 3. The number of halogens is 1. The van der Waals surface area contributed by atoms with Crippen molar-refractivity contribution in [1.29, 1.82) is 0 Å². The lowest BCUT2D eigenvalue weighted by Gasteiger charge is -2.33. The van der Waals surface area contributed by atoms with Gasteiger partial charge in [-0.3, -0.25) is 9.69 Å². The first-order chi connectivity index (χ1) is 14.1. The minimum atomic E-state index is -1.04. The molecule has 1 saturated heterocycles. The maximum atomic E-state index is 13.3. The zero-order chi connectivity index (χ0) is 20.0. The van der Waals surface area contributed by atoms with E-state index in [1.54, 1.807) is 0 Å².